The van der Waals surface area contributed by atoms with E-state index in [2.05, 4.69) is 32.0 Å². The SMILES string of the molecule is COc1ccc([C@H]2SC(C)C(=O)N2c2nc(N3CCN(C)CC3)n[nH]2)cc1OC. The highest BCUT2D eigenvalue weighted by atomic mass is 32.2. The van der Waals surface area contributed by atoms with Crippen LogP contribution in [0, 0.1) is 0 Å². The molecule has 1 N–H and O–H groups in total. The Labute approximate surface area is 174 Å². The molecule has 1 unspecified atom stereocenters. The quantitative estimate of drug-likeness (QED) is 0.786. The Kier molecular flexibility index (Phi) is 5.55. The highest BCUT2D eigenvalue weighted by Gasteiger charge is 2.41. The summed E-state index contributed by atoms with van der Waals surface area (Å²) < 4.78 is 10.8. The number of carbonyl (C=O) groups excluding carboxylic acids is 1. The zero-order valence-corrected chi connectivity index (χ0v) is 17.9. The van der Waals surface area contributed by atoms with Crippen molar-refractivity contribution in [3.63, 3.8) is 0 Å². The summed E-state index contributed by atoms with van der Waals surface area (Å²) in [6, 6.07) is 5.72. The van der Waals surface area contributed by atoms with Gasteiger partial charge in [-0.2, -0.15) is 4.98 Å². The molecule has 0 bridgehead atoms. The number of thioether (sulfide) groups is 1. The third kappa shape index (κ3) is 3.74. The maximum atomic E-state index is 12.9. The number of likely N-dealkylation sites (N-methyl/N-ethyl adjacent to an activating group) is 1. The molecule has 2 atom stereocenters. The van der Waals surface area contributed by atoms with Crippen LogP contribution in [0.5, 0.6) is 11.5 Å². The highest BCUT2D eigenvalue weighted by Crippen LogP contribution is 2.46. The number of piperazine rings is 1. The number of nitrogens with zero attached hydrogens (tertiary/aromatic N) is 5. The molecule has 0 radical (unpaired) electrons. The van der Waals surface area contributed by atoms with Crippen LogP contribution in [0.1, 0.15) is 17.9 Å². The minimum Gasteiger partial charge on any atom is -0.493 e. The zero-order valence-electron chi connectivity index (χ0n) is 17.1. The lowest BCUT2D eigenvalue weighted by Gasteiger charge is -2.31. The van der Waals surface area contributed by atoms with Gasteiger partial charge >= 0.3 is 0 Å². The molecular weight excluding hydrogens is 392 g/mol. The molecular formula is C19H26N6O3S. The minimum absolute atomic E-state index is 0.0101. The van der Waals surface area contributed by atoms with E-state index in [4.69, 9.17) is 9.47 Å². The van der Waals surface area contributed by atoms with Gasteiger partial charge in [-0.05, 0) is 31.7 Å². The number of benzene rings is 1. The maximum absolute atomic E-state index is 12.9. The topological polar surface area (TPSA) is 86.8 Å². The predicted molar refractivity (Wildman–Crippen MR) is 113 cm³/mol. The number of H-pyrrole nitrogens is 1. The van der Waals surface area contributed by atoms with Gasteiger partial charge in [-0.1, -0.05) is 6.07 Å². The summed E-state index contributed by atoms with van der Waals surface area (Å²) in [5.74, 6) is 2.41. The average molecular weight is 419 g/mol. The third-order valence-electron chi connectivity index (χ3n) is 5.32. The van der Waals surface area contributed by atoms with Crippen molar-refractivity contribution in [3.05, 3.63) is 23.8 Å². The molecule has 9 nitrogen and oxygen atoms in total. The van der Waals surface area contributed by atoms with Crippen molar-refractivity contribution >= 4 is 29.6 Å². The van der Waals surface area contributed by atoms with E-state index in [1.807, 2.05) is 25.1 Å². The summed E-state index contributed by atoms with van der Waals surface area (Å²) >= 11 is 1.58. The van der Waals surface area contributed by atoms with Gasteiger partial charge in [0, 0.05) is 26.2 Å². The van der Waals surface area contributed by atoms with E-state index in [-0.39, 0.29) is 16.5 Å². The van der Waals surface area contributed by atoms with Crippen LogP contribution in [-0.2, 0) is 4.79 Å². The van der Waals surface area contributed by atoms with Crippen LogP contribution >= 0.6 is 11.8 Å². The second-order valence-corrected chi connectivity index (χ2v) is 8.63. The Bertz CT molecular complexity index is 883. The predicted octanol–water partition coefficient (Wildman–Crippen LogP) is 1.74. The summed E-state index contributed by atoms with van der Waals surface area (Å²) in [5, 5.41) is 6.97. The molecule has 156 valence electrons. The molecule has 1 amide bonds. The largest absolute Gasteiger partial charge is 0.493 e. The van der Waals surface area contributed by atoms with E-state index in [1.165, 1.54) is 0 Å². The van der Waals surface area contributed by atoms with E-state index < -0.39 is 0 Å². The molecule has 2 fully saturated rings. The van der Waals surface area contributed by atoms with Crippen molar-refractivity contribution in [2.45, 2.75) is 17.5 Å². The van der Waals surface area contributed by atoms with Crippen LogP contribution in [0.4, 0.5) is 11.9 Å². The first-order valence-electron chi connectivity index (χ1n) is 9.58. The van der Waals surface area contributed by atoms with Crippen LogP contribution in [0.15, 0.2) is 18.2 Å². The van der Waals surface area contributed by atoms with Gasteiger partial charge < -0.3 is 19.3 Å². The summed E-state index contributed by atoms with van der Waals surface area (Å²) in [5.41, 5.74) is 0.947. The maximum Gasteiger partial charge on any atom is 0.246 e. The Balaban J connectivity index is 1.62. The number of rotatable bonds is 5. The van der Waals surface area contributed by atoms with Crippen LogP contribution in [0.2, 0.25) is 0 Å². The molecule has 2 aliphatic heterocycles. The lowest BCUT2D eigenvalue weighted by Crippen LogP contribution is -2.45. The monoisotopic (exact) mass is 418 g/mol. The van der Waals surface area contributed by atoms with Crippen molar-refractivity contribution < 1.29 is 14.3 Å². The molecule has 1 aromatic heterocycles. The first-order chi connectivity index (χ1) is 14.0. The van der Waals surface area contributed by atoms with Crippen LogP contribution in [-0.4, -0.2) is 78.7 Å². The molecule has 2 aliphatic rings. The summed E-state index contributed by atoms with van der Waals surface area (Å²) in [4.78, 5) is 23.7. The Morgan fingerprint density at radius 3 is 2.55 bits per heavy atom. The normalized spacial score (nSPS) is 23.0. The number of aromatic nitrogens is 3. The van der Waals surface area contributed by atoms with E-state index >= 15 is 0 Å². The number of carbonyl (C=O) groups is 1. The number of aromatic amines is 1. The van der Waals surface area contributed by atoms with Gasteiger partial charge in [-0.25, -0.2) is 5.10 Å². The lowest BCUT2D eigenvalue weighted by molar-refractivity contribution is -0.117. The van der Waals surface area contributed by atoms with Gasteiger partial charge in [-0.3, -0.25) is 9.69 Å². The number of hydrogen-bond acceptors (Lipinski definition) is 8. The van der Waals surface area contributed by atoms with Crippen LogP contribution < -0.4 is 19.3 Å². The van der Waals surface area contributed by atoms with Crippen molar-refractivity contribution in [1.82, 2.24) is 20.1 Å². The molecule has 2 aromatic rings. The second kappa shape index (κ2) is 8.11. The number of hydrogen-bond donors (Lipinski definition) is 1. The minimum atomic E-state index is -0.217. The van der Waals surface area contributed by atoms with Crippen molar-refractivity contribution in [1.29, 1.82) is 0 Å². The van der Waals surface area contributed by atoms with Gasteiger partial charge in [0.25, 0.3) is 0 Å². The lowest BCUT2D eigenvalue weighted by atomic mass is 10.2. The van der Waals surface area contributed by atoms with E-state index in [0.29, 0.717) is 23.4 Å². The van der Waals surface area contributed by atoms with E-state index in [1.54, 1.807) is 30.9 Å². The highest BCUT2D eigenvalue weighted by molar-refractivity contribution is 8.01. The van der Waals surface area contributed by atoms with Crippen molar-refractivity contribution in [3.8, 4) is 11.5 Å². The molecule has 0 spiro atoms. The second-order valence-electron chi connectivity index (χ2n) is 7.20. The first kappa shape index (κ1) is 19.8. The Hall–Kier alpha value is -2.46. The summed E-state index contributed by atoms with van der Waals surface area (Å²) in [6.45, 7) is 5.58. The van der Waals surface area contributed by atoms with Crippen molar-refractivity contribution in [2.24, 2.45) is 0 Å². The number of amides is 1. The first-order valence-corrected chi connectivity index (χ1v) is 10.5. The number of anilines is 2. The standard InChI is InChI=1S/C19H26N6O3S/c1-12-16(26)25(17(29-12)13-5-6-14(27-3)15(11-13)28-4)19-20-18(21-22-19)24-9-7-23(2)8-10-24/h5-6,11-12,17H,7-10H2,1-4H3,(H,20,21,22)/t12?,17-/m1/s1. The molecule has 2 saturated heterocycles. The Morgan fingerprint density at radius 1 is 1.14 bits per heavy atom. The fourth-order valence-corrected chi connectivity index (χ4v) is 4.82. The number of nitrogens with one attached hydrogen (secondary N) is 1. The fraction of sp³-hybridized carbons (Fsp3) is 0.526. The molecule has 1 aromatic carbocycles. The number of methoxy groups -OCH3 is 2. The zero-order chi connectivity index (χ0) is 20.5. The third-order valence-corrected chi connectivity index (χ3v) is 6.67. The molecule has 4 rings (SSSR count). The Morgan fingerprint density at radius 2 is 1.86 bits per heavy atom. The molecule has 10 heteroatoms. The fourth-order valence-electron chi connectivity index (χ4n) is 3.57. The van der Waals surface area contributed by atoms with Gasteiger partial charge in [-0.15, -0.1) is 16.9 Å². The molecule has 3 heterocycles. The van der Waals surface area contributed by atoms with Crippen LogP contribution in [0.25, 0.3) is 0 Å². The summed E-state index contributed by atoms with van der Waals surface area (Å²) in [7, 11) is 5.32. The van der Waals surface area contributed by atoms with Gasteiger partial charge in [0.2, 0.25) is 17.8 Å². The van der Waals surface area contributed by atoms with Gasteiger partial charge in [0.1, 0.15) is 5.37 Å². The molecule has 0 saturated carbocycles. The van der Waals surface area contributed by atoms with E-state index in [9.17, 15) is 4.79 Å². The van der Waals surface area contributed by atoms with E-state index in [0.717, 1.165) is 31.7 Å². The average Bonchev–Trinajstić information content (AvgIpc) is 3.33. The molecule has 29 heavy (non-hydrogen) atoms. The van der Waals surface area contributed by atoms with Gasteiger partial charge in [0.15, 0.2) is 11.5 Å². The van der Waals surface area contributed by atoms with Crippen LogP contribution in [0.3, 0.4) is 0 Å². The smallest absolute Gasteiger partial charge is 0.246 e. The molecule has 0 aliphatic carbocycles. The van der Waals surface area contributed by atoms with Crippen molar-refractivity contribution in [2.75, 3.05) is 57.2 Å². The van der Waals surface area contributed by atoms with Gasteiger partial charge in [0.05, 0.1) is 19.5 Å². The number of ether oxygens (including phenoxy) is 2. The summed E-state index contributed by atoms with van der Waals surface area (Å²) in [6.07, 6.45) is 0.